The van der Waals surface area contributed by atoms with Gasteiger partial charge in [-0.05, 0) is 66.8 Å². The van der Waals surface area contributed by atoms with E-state index in [2.05, 4.69) is 37.5 Å². The van der Waals surface area contributed by atoms with Crippen LogP contribution < -0.4 is 10.6 Å². The molecule has 1 aliphatic carbocycles. The van der Waals surface area contributed by atoms with Crippen molar-refractivity contribution in [3.63, 3.8) is 0 Å². The van der Waals surface area contributed by atoms with Gasteiger partial charge in [-0.15, -0.1) is 11.3 Å². The Kier molecular flexibility index (Phi) is 5.43. The molecule has 0 spiro atoms. The van der Waals surface area contributed by atoms with Gasteiger partial charge >= 0.3 is 0 Å². The van der Waals surface area contributed by atoms with Gasteiger partial charge in [-0.3, -0.25) is 9.59 Å². The Balaban J connectivity index is 1.77. The third-order valence-corrected chi connectivity index (χ3v) is 6.57. The van der Waals surface area contributed by atoms with Crippen molar-refractivity contribution >= 4 is 34.5 Å². The van der Waals surface area contributed by atoms with Crippen LogP contribution >= 0.6 is 11.3 Å². The van der Waals surface area contributed by atoms with Crippen LogP contribution in [-0.2, 0) is 17.6 Å². The number of hydrogen-bond donors (Lipinski definition) is 2. The second-order valence-electron chi connectivity index (χ2n) is 8.53. The van der Waals surface area contributed by atoms with Crippen LogP contribution in [-0.4, -0.2) is 11.8 Å². The number of anilines is 2. The average Bonchev–Trinajstić information content (AvgIpc) is 3.00. The van der Waals surface area contributed by atoms with Gasteiger partial charge in [0, 0.05) is 23.2 Å². The van der Waals surface area contributed by atoms with Gasteiger partial charge in [-0.1, -0.05) is 26.8 Å². The van der Waals surface area contributed by atoms with Gasteiger partial charge < -0.3 is 10.6 Å². The molecule has 1 atom stereocenters. The number of amides is 2. The molecule has 2 amide bonds. The van der Waals surface area contributed by atoms with Gasteiger partial charge in [0.1, 0.15) is 0 Å². The Labute approximate surface area is 165 Å². The molecule has 27 heavy (non-hydrogen) atoms. The first-order chi connectivity index (χ1) is 12.6. The molecule has 5 heteroatoms. The first-order valence-corrected chi connectivity index (χ1v) is 10.3. The van der Waals surface area contributed by atoms with Crippen LogP contribution in [0, 0.1) is 18.3 Å². The first kappa shape index (κ1) is 19.6. The summed E-state index contributed by atoms with van der Waals surface area (Å²) in [5, 5.41) is 5.77. The highest BCUT2D eigenvalue weighted by molar-refractivity contribution is 7.14. The molecule has 4 nitrogen and oxygen atoms in total. The number of hydrogen-bond acceptors (Lipinski definition) is 3. The van der Waals surface area contributed by atoms with Crippen molar-refractivity contribution in [3.8, 4) is 0 Å². The molecular formula is C22H28N2O2S. The highest BCUT2D eigenvalue weighted by Gasteiger charge is 2.30. The lowest BCUT2D eigenvalue weighted by atomic mass is 9.72. The van der Waals surface area contributed by atoms with E-state index in [1.807, 2.05) is 19.1 Å². The van der Waals surface area contributed by atoms with E-state index in [1.165, 1.54) is 23.8 Å². The Morgan fingerprint density at radius 2 is 1.89 bits per heavy atom. The maximum absolute atomic E-state index is 12.8. The van der Waals surface area contributed by atoms with E-state index in [1.54, 1.807) is 17.4 Å². The molecule has 3 rings (SSSR count). The minimum Gasteiger partial charge on any atom is -0.326 e. The number of fused-ring (bicyclic) bond motifs is 1. The Bertz CT molecular complexity index is 877. The maximum atomic E-state index is 12.8. The van der Waals surface area contributed by atoms with Crippen LogP contribution in [0.3, 0.4) is 0 Å². The van der Waals surface area contributed by atoms with Crippen LogP contribution in [0.25, 0.3) is 0 Å². The molecular weight excluding hydrogens is 356 g/mol. The van der Waals surface area contributed by atoms with Gasteiger partial charge in [0.05, 0.1) is 4.88 Å². The van der Waals surface area contributed by atoms with Crippen LogP contribution in [0.15, 0.2) is 24.3 Å². The summed E-state index contributed by atoms with van der Waals surface area (Å²) >= 11 is 1.61. The number of carbonyl (C=O) groups is 2. The van der Waals surface area contributed by atoms with Crippen molar-refractivity contribution in [2.75, 3.05) is 10.6 Å². The molecule has 1 aliphatic rings. The van der Waals surface area contributed by atoms with Crippen molar-refractivity contribution in [2.45, 2.75) is 53.9 Å². The number of carbonyl (C=O) groups excluding carboxylic acids is 2. The van der Waals surface area contributed by atoms with Crippen molar-refractivity contribution in [2.24, 2.45) is 11.3 Å². The largest absolute Gasteiger partial charge is 0.326 e. The fraction of sp³-hybridized carbons (Fsp3) is 0.455. The average molecular weight is 385 g/mol. The van der Waals surface area contributed by atoms with Gasteiger partial charge in [-0.2, -0.15) is 0 Å². The summed E-state index contributed by atoms with van der Waals surface area (Å²) in [7, 11) is 0. The van der Waals surface area contributed by atoms with Gasteiger partial charge in [0.2, 0.25) is 5.91 Å². The molecule has 0 saturated heterocycles. The van der Waals surface area contributed by atoms with E-state index >= 15 is 0 Å². The predicted molar refractivity (Wildman–Crippen MR) is 113 cm³/mol. The van der Waals surface area contributed by atoms with Crippen LogP contribution in [0.5, 0.6) is 0 Å². The Hall–Kier alpha value is -2.14. The van der Waals surface area contributed by atoms with E-state index < -0.39 is 0 Å². The fourth-order valence-corrected chi connectivity index (χ4v) is 4.70. The quantitative estimate of drug-likeness (QED) is 0.742. The highest BCUT2D eigenvalue weighted by Crippen LogP contribution is 2.40. The van der Waals surface area contributed by atoms with E-state index in [9.17, 15) is 9.59 Å². The zero-order chi connectivity index (χ0) is 19.8. The smallest absolute Gasteiger partial charge is 0.265 e. The monoisotopic (exact) mass is 384 g/mol. The minimum atomic E-state index is -0.129. The molecule has 2 aromatic rings. The number of nitrogens with one attached hydrogen (secondary N) is 2. The molecule has 1 unspecified atom stereocenters. The Morgan fingerprint density at radius 1 is 1.15 bits per heavy atom. The third kappa shape index (κ3) is 4.59. The van der Waals surface area contributed by atoms with Crippen LogP contribution in [0.1, 0.15) is 59.8 Å². The summed E-state index contributed by atoms with van der Waals surface area (Å²) in [5.41, 5.74) is 4.00. The normalized spacial score (nSPS) is 16.6. The molecule has 0 fully saturated rings. The molecule has 0 bridgehead atoms. The molecule has 0 saturated carbocycles. The predicted octanol–water partition coefficient (Wildman–Crippen LogP) is 5.42. The molecule has 144 valence electrons. The topological polar surface area (TPSA) is 58.2 Å². The lowest BCUT2D eigenvalue weighted by molar-refractivity contribution is -0.114. The summed E-state index contributed by atoms with van der Waals surface area (Å²) in [4.78, 5) is 26.2. The number of rotatable bonds is 3. The van der Waals surface area contributed by atoms with Gasteiger partial charge in [-0.25, -0.2) is 0 Å². The minimum absolute atomic E-state index is 0.0789. The zero-order valence-electron chi connectivity index (χ0n) is 16.7. The van der Waals surface area contributed by atoms with Crippen LogP contribution in [0.4, 0.5) is 11.4 Å². The summed E-state index contributed by atoms with van der Waals surface area (Å²) in [5.74, 6) is 0.451. The fourth-order valence-electron chi connectivity index (χ4n) is 3.60. The number of benzene rings is 1. The van der Waals surface area contributed by atoms with E-state index in [0.717, 1.165) is 29.0 Å². The molecule has 1 heterocycles. The SMILES string of the molecule is CC(=O)Nc1ccc(C)c(NC(=O)c2cc3c(s2)CCC(C(C)(C)C)C3)c1. The van der Waals surface area contributed by atoms with Crippen molar-refractivity contribution < 1.29 is 9.59 Å². The third-order valence-electron chi connectivity index (χ3n) is 5.34. The highest BCUT2D eigenvalue weighted by atomic mass is 32.1. The molecule has 1 aromatic carbocycles. The van der Waals surface area contributed by atoms with Gasteiger partial charge in [0.15, 0.2) is 0 Å². The second kappa shape index (κ2) is 7.47. The van der Waals surface area contributed by atoms with E-state index in [0.29, 0.717) is 17.0 Å². The van der Waals surface area contributed by atoms with Crippen molar-refractivity contribution in [3.05, 3.63) is 45.1 Å². The number of aryl methyl sites for hydroxylation is 2. The summed E-state index contributed by atoms with van der Waals surface area (Å²) in [6.45, 7) is 10.3. The lowest BCUT2D eigenvalue weighted by Crippen LogP contribution is -2.26. The van der Waals surface area contributed by atoms with Gasteiger partial charge in [0.25, 0.3) is 5.91 Å². The van der Waals surface area contributed by atoms with E-state index in [4.69, 9.17) is 0 Å². The number of thiophene rings is 1. The lowest BCUT2D eigenvalue weighted by Gasteiger charge is -2.33. The van der Waals surface area contributed by atoms with Crippen molar-refractivity contribution in [1.82, 2.24) is 0 Å². The van der Waals surface area contributed by atoms with Crippen molar-refractivity contribution in [1.29, 1.82) is 0 Å². The first-order valence-electron chi connectivity index (χ1n) is 9.44. The maximum Gasteiger partial charge on any atom is 0.265 e. The van der Waals surface area contributed by atoms with E-state index in [-0.39, 0.29) is 11.8 Å². The Morgan fingerprint density at radius 3 is 2.56 bits per heavy atom. The van der Waals surface area contributed by atoms with Crippen LogP contribution in [0.2, 0.25) is 0 Å². The molecule has 1 aromatic heterocycles. The standard InChI is InChI=1S/C22H28N2O2S/c1-13-6-8-17(23-14(2)25)12-18(13)24-21(26)20-11-15-10-16(22(3,4)5)7-9-19(15)27-20/h6,8,11-12,16H,7,9-10H2,1-5H3,(H,23,25)(H,24,26). The zero-order valence-corrected chi connectivity index (χ0v) is 17.5. The molecule has 0 radical (unpaired) electrons. The molecule has 0 aliphatic heterocycles. The molecule has 2 N–H and O–H groups in total. The summed E-state index contributed by atoms with van der Waals surface area (Å²) in [6, 6.07) is 7.61. The summed E-state index contributed by atoms with van der Waals surface area (Å²) < 4.78 is 0. The summed E-state index contributed by atoms with van der Waals surface area (Å²) in [6.07, 6.45) is 3.31. The second-order valence-corrected chi connectivity index (χ2v) is 9.67.